The first kappa shape index (κ1) is 17.7. The van der Waals surface area contributed by atoms with Gasteiger partial charge in [-0.15, -0.1) is 0 Å². The van der Waals surface area contributed by atoms with Crippen LogP contribution < -0.4 is 11.0 Å². The molecule has 0 saturated heterocycles. The predicted octanol–water partition coefficient (Wildman–Crippen LogP) is 3.10. The maximum Gasteiger partial charge on any atom is 0.350 e. The van der Waals surface area contributed by atoms with Crippen LogP contribution in [0.3, 0.4) is 0 Å². The average Bonchev–Trinajstić information content (AvgIpc) is 3.47. The Kier molecular flexibility index (Phi) is 4.94. The number of para-hydroxylation sites is 1. The van der Waals surface area contributed by atoms with Gasteiger partial charge in [0, 0.05) is 22.5 Å². The fourth-order valence-electron chi connectivity index (χ4n) is 3.00. The van der Waals surface area contributed by atoms with Crippen LogP contribution in [-0.4, -0.2) is 26.8 Å². The Balaban J connectivity index is 1.50. The summed E-state index contributed by atoms with van der Waals surface area (Å²) in [5.74, 6) is 0.981. The standard InChI is InChI=1S/C20H19BrN4O2/c21-16-6-4-5-15(13-16)19(26)22-11-12-24-20(27)25(17-7-2-1-3-8-17)18(23-24)14-9-10-14/h1-8,13-14H,9-12H2,(H,22,26). The number of amides is 1. The molecule has 0 spiro atoms. The molecule has 1 aromatic heterocycles. The minimum atomic E-state index is -0.172. The summed E-state index contributed by atoms with van der Waals surface area (Å²) in [5, 5.41) is 7.39. The van der Waals surface area contributed by atoms with E-state index >= 15 is 0 Å². The van der Waals surface area contributed by atoms with Crippen molar-refractivity contribution in [3.63, 3.8) is 0 Å². The number of hydrogen-bond donors (Lipinski definition) is 1. The van der Waals surface area contributed by atoms with Gasteiger partial charge in [0.1, 0.15) is 5.82 Å². The van der Waals surface area contributed by atoms with Gasteiger partial charge in [-0.3, -0.25) is 4.79 Å². The lowest BCUT2D eigenvalue weighted by Crippen LogP contribution is -2.32. The number of carbonyl (C=O) groups is 1. The van der Waals surface area contributed by atoms with Crippen molar-refractivity contribution in [1.82, 2.24) is 19.7 Å². The molecule has 1 N–H and O–H groups in total. The second kappa shape index (κ2) is 7.52. The van der Waals surface area contributed by atoms with Crippen LogP contribution in [0.25, 0.3) is 5.69 Å². The first-order valence-electron chi connectivity index (χ1n) is 8.92. The second-order valence-electron chi connectivity index (χ2n) is 6.58. The normalized spacial score (nSPS) is 13.5. The van der Waals surface area contributed by atoms with Gasteiger partial charge in [-0.1, -0.05) is 40.2 Å². The van der Waals surface area contributed by atoms with E-state index in [0.29, 0.717) is 24.6 Å². The van der Waals surface area contributed by atoms with Crippen LogP contribution in [0.15, 0.2) is 63.9 Å². The Morgan fingerprint density at radius 2 is 1.93 bits per heavy atom. The van der Waals surface area contributed by atoms with Crippen molar-refractivity contribution in [2.24, 2.45) is 0 Å². The maximum absolute atomic E-state index is 12.9. The first-order valence-corrected chi connectivity index (χ1v) is 9.72. The summed E-state index contributed by atoms with van der Waals surface area (Å²) in [6.07, 6.45) is 2.12. The highest BCUT2D eigenvalue weighted by Crippen LogP contribution is 2.39. The minimum Gasteiger partial charge on any atom is -0.350 e. The van der Waals surface area contributed by atoms with Gasteiger partial charge in [0.2, 0.25) is 0 Å². The quantitative estimate of drug-likeness (QED) is 0.658. The Hall–Kier alpha value is -2.67. The van der Waals surface area contributed by atoms with Crippen LogP contribution in [0.5, 0.6) is 0 Å². The van der Waals surface area contributed by atoms with Crippen molar-refractivity contribution in [2.45, 2.75) is 25.3 Å². The minimum absolute atomic E-state index is 0.167. The second-order valence-corrected chi connectivity index (χ2v) is 7.49. The monoisotopic (exact) mass is 426 g/mol. The Morgan fingerprint density at radius 3 is 2.63 bits per heavy atom. The Morgan fingerprint density at radius 1 is 1.15 bits per heavy atom. The third kappa shape index (κ3) is 3.88. The summed E-state index contributed by atoms with van der Waals surface area (Å²) in [6.45, 7) is 0.666. The van der Waals surface area contributed by atoms with E-state index in [0.717, 1.165) is 28.8 Å². The molecule has 6 nitrogen and oxygen atoms in total. The lowest BCUT2D eigenvalue weighted by molar-refractivity contribution is 0.0951. The topological polar surface area (TPSA) is 68.9 Å². The number of nitrogens with one attached hydrogen (secondary N) is 1. The van der Waals surface area contributed by atoms with Crippen LogP contribution in [0, 0.1) is 0 Å². The number of benzene rings is 2. The fraction of sp³-hybridized carbons (Fsp3) is 0.250. The van der Waals surface area contributed by atoms with E-state index in [1.807, 2.05) is 42.5 Å². The van der Waals surface area contributed by atoms with E-state index < -0.39 is 0 Å². The lowest BCUT2D eigenvalue weighted by atomic mass is 10.2. The number of rotatable bonds is 6. The molecular weight excluding hydrogens is 408 g/mol. The molecule has 1 amide bonds. The lowest BCUT2D eigenvalue weighted by Gasteiger charge is -2.05. The summed E-state index contributed by atoms with van der Waals surface area (Å²) in [6, 6.07) is 16.8. The zero-order valence-corrected chi connectivity index (χ0v) is 16.2. The van der Waals surface area contributed by atoms with Gasteiger partial charge in [0.15, 0.2) is 0 Å². The molecule has 3 aromatic rings. The number of hydrogen-bond acceptors (Lipinski definition) is 3. The molecule has 4 rings (SSSR count). The van der Waals surface area contributed by atoms with Crippen molar-refractivity contribution in [3.05, 3.63) is 80.9 Å². The van der Waals surface area contributed by atoms with Crippen LogP contribution in [0.2, 0.25) is 0 Å². The van der Waals surface area contributed by atoms with Crippen molar-refractivity contribution in [2.75, 3.05) is 6.54 Å². The van der Waals surface area contributed by atoms with Crippen LogP contribution >= 0.6 is 15.9 Å². The van der Waals surface area contributed by atoms with Gasteiger partial charge in [-0.25, -0.2) is 14.0 Å². The third-order valence-electron chi connectivity index (χ3n) is 4.52. The van der Waals surface area contributed by atoms with E-state index in [4.69, 9.17) is 0 Å². The highest BCUT2D eigenvalue weighted by Gasteiger charge is 2.31. The zero-order chi connectivity index (χ0) is 18.8. The molecule has 0 unspecified atom stereocenters. The molecule has 1 aliphatic rings. The van der Waals surface area contributed by atoms with E-state index in [9.17, 15) is 9.59 Å². The highest BCUT2D eigenvalue weighted by molar-refractivity contribution is 9.10. The van der Waals surface area contributed by atoms with Crippen LogP contribution in [0.1, 0.15) is 34.9 Å². The van der Waals surface area contributed by atoms with Gasteiger partial charge in [0.05, 0.1) is 12.2 Å². The van der Waals surface area contributed by atoms with Gasteiger partial charge in [-0.2, -0.15) is 5.10 Å². The summed E-state index contributed by atoms with van der Waals surface area (Å²) < 4.78 is 3.98. The number of aromatic nitrogens is 3. The molecule has 1 fully saturated rings. The number of nitrogens with zero attached hydrogens (tertiary/aromatic N) is 3. The van der Waals surface area contributed by atoms with Crippen molar-refractivity contribution in [3.8, 4) is 5.69 Å². The van der Waals surface area contributed by atoms with Crippen molar-refractivity contribution >= 4 is 21.8 Å². The van der Waals surface area contributed by atoms with Gasteiger partial charge < -0.3 is 5.32 Å². The molecule has 1 aliphatic carbocycles. The summed E-state index contributed by atoms with van der Waals surface area (Å²) in [5.41, 5.74) is 1.24. The molecule has 1 saturated carbocycles. The van der Waals surface area contributed by atoms with Gasteiger partial charge in [-0.05, 0) is 43.2 Å². The van der Waals surface area contributed by atoms with Crippen LogP contribution in [0.4, 0.5) is 0 Å². The smallest absolute Gasteiger partial charge is 0.350 e. The van der Waals surface area contributed by atoms with E-state index in [1.54, 1.807) is 16.7 Å². The fourth-order valence-corrected chi connectivity index (χ4v) is 3.40. The molecule has 0 bridgehead atoms. The molecule has 1 heterocycles. The zero-order valence-electron chi connectivity index (χ0n) is 14.6. The largest absolute Gasteiger partial charge is 0.350 e. The van der Waals surface area contributed by atoms with Gasteiger partial charge >= 0.3 is 5.69 Å². The molecule has 138 valence electrons. The van der Waals surface area contributed by atoms with E-state index in [2.05, 4.69) is 26.3 Å². The Labute approximate surface area is 165 Å². The molecule has 0 aliphatic heterocycles. The molecule has 2 aromatic carbocycles. The molecule has 0 atom stereocenters. The predicted molar refractivity (Wildman–Crippen MR) is 106 cm³/mol. The number of carbonyl (C=O) groups excluding carboxylic acids is 1. The Bertz CT molecular complexity index is 1020. The first-order chi connectivity index (χ1) is 13.1. The maximum atomic E-state index is 12.9. The van der Waals surface area contributed by atoms with E-state index in [1.165, 1.54) is 4.68 Å². The molecule has 27 heavy (non-hydrogen) atoms. The SMILES string of the molecule is O=C(NCCn1nc(C2CC2)n(-c2ccccc2)c1=O)c1cccc(Br)c1. The van der Waals surface area contributed by atoms with Crippen LogP contribution in [-0.2, 0) is 6.54 Å². The summed E-state index contributed by atoms with van der Waals surface area (Å²) in [7, 11) is 0. The molecule has 0 radical (unpaired) electrons. The highest BCUT2D eigenvalue weighted by atomic mass is 79.9. The van der Waals surface area contributed by atoms with Crippen molar-refractivity contribution < 1.29 is 4.79 Å². The van der Waals surface area contributed by atoms with Gasteiger partial charge in [0.25, 0.3) is 5.91 Å². The third-order valence-corrected chi connectivity index (χ3v) is 5.01. The molecule has 7 heteroatoms. The molecular formula is C20H19BrN4O2. The number of halogens is 1. The summed E-state index contributed by atoms with van der Waals surface area (Å²) >= 11 is 3.36. The summed E-state index contributed by atoms with van der Waals surface area (Å²) in [4.78, 5) is 25.1. The average molecular weight is 427 g/mol. The van der Waals surface area contributed by atoms with Crippen molar-refractivity contribution in [1.29, 1.82) is 0 Å². The van der Waals surface area contributed by atoms with E-state index in [-0.39, 0.29) is 11.6 Å².